The SMILES string of the molecule is Cc1cc(N(CCC(C)C)C2CC2)c(C(=O)O)c(C)n1. The molecule has 4 nitrogen and oxygen atoms in total. The van der Waals surface area contributed by atoms with Gasteiger partial charge in [-0.15, -0.1) is 0 Å². The molecule has 0 aromatic carbocycles. The monoisotopic (exact) mass is 276 g/mol. The first-order valence-electron chi connectivity index (χ1n) is 7.38. The molecule has 0 unspecified atom stereocenters. The number of aromatic nitrogens is 1. The van der Waals surface area contributed by atoms with Crippen LogP contribution >= 0.6 is 0 Å². The minimum absolute atomic E-state index is 0.367. The largest absolute Gasteiger partial charge is 0.478 e. The number of hydrogen-bond acceptors (Lipinski definition) is 3. The van der Waals surface area contributed by atoms with Crippen LogP contribution in [-0.4, -0.2) is 28.6 Å². The van der Waals surface area contributed by atoms with Gasteiger partial charge in [-0.05, 0) is 45.1 Å². The Morgan fingerprint density at radius 2 is 2.10 bits per heavy atom. The van der Waals surface area contributed by atoms with E-state index < -0.39 is 5.97 Å². The fraction of sp³-hybridized carbons (Fsp3) is 0.625. The Morgan fingerprint density at radius 3 is 2.60 bits per heavy atom. The molecule has 1 saturated carbocycles. The van der Waals surface area contributed by atoms with Gasteiger partial charge < -0.3 is 10.0 Å². The van der Waals surface area contributed by atoms with Crippen LogP contribution in [0, 0.1) is 19.8 Å². The Labute approximate surface area is 120 Å². The number of rotatable bonds is 6. The number of aromatic carboxylic acids is 1. The van der Waals surface area contributed by atoms with Crippen molar-refractivity contribution in [1.29, 1.82) is 0 Å². The third-order valence-corrected chi connectivity index (χ3v) is 3.77. The van der Waals surface area contributed by atoms with Crippen LogP contribution in [0.2, 0.25) is 0 Å². The molecule has 0 bridgehead atoms. The average molecular weight is 276 g/mol. The maximum atomic E-state index is 11.6. The number of nitrogens with zero attached hydrogens (tertiary/aromatic N) is 2. The van der Waals surface area contributed by atoms with Gasteiger partial charge >= 0.3 is 5.97 Å². The molecule has 0 saturated heterocycles. The highest BCUT2D eigenvalue weighted by Gasteiger charge is 2.32. The summed E-state index contributed by atoms with van der Waals surface area (Å²) >= 11 is 0. The zero-order valence-corrected chi connectivity index (χ0v) is 12.8. The minimum atomic E-state index is -0.875. The van der Waals surface area contributed by atoms with E-state index in [0.717, 1.165) is 37.2 Å². The van der Waals surface area contributed by atoms with Crippen molar-refractivity contribution in [2.75, 3.05) is 11.4 Å². The average Bonchev–Trinajstić information content (AvgIpc) is 3.11. The van der Waals surface area contributed by atoms with E-state index in [1.54, 1.807) is 6.92 Å². The summed E-state index contributed by atoms with van der Waals surface area (Å²) in [6.45, 7) is 9.03. The molecule has 20 heavy (non-hydrogen) atoms. The first-order chi connectivity index (χ1) is 9.40. The summed E-state index contributed by atoms with van der Waals surface area (Å²) in [5, 5.41) is 9.50. The van der Waals surface area contributed by atoms with Crippen molar-refractivity contribution in [2.45, 2.75) is 53.0 Å². The maximum absolute atomic E-state index is 11.6. The van der Waals surface area contributed by atoms with E-state index in [-0.39, 0.29) is 0 Å². The Balaban J connectivity index is 2.38. The third-order valence-electron chi connectivity index (χ3n) is 3.77. The number of carboxylic acid groups (broad SMARTS) is 1. The maximum Gasteiger partial charge on any atom is 0.339 e. The van der Waals surface area contributed by atoms with Crippen LogP contribution < -0.4 is 4.90 Å². The fourth-order valence-electron chi connectivity index (χ4n) is 2.58. The number of carboxylic acids is 1. The summed E-state index contributed by atoms with van der Waals surface area (Å²) in [5.74, 6) is -0.256. The lowest BCUT2D eigenvalue weighted by Crippen LogP contribution is -2.30. The molecule has 0 amide bonds. The molecule has 2 rings (SSSR count). The van der Waals surface area contributed by atoms with Crippen LogP contribution in [0.5, 0.6) is 0 Å². The predicted octanol–water partition coefficient (Wildman–Crippen LogP) is 3.41. The van der Waals surface area contributed by atoms with Crippen molar-refractivity contribution < 1.29 is 9.90 Å². The number of carbonyl (C=O) groups is 1. The van der Waals surface area contributed by atoms with Gasteiger partial charge in [0.2, 0.25) is 0 Å². The summed E-state index contributed by atoms with van der Waals surface area (Å²) in [6.07, 6.45) is 3.41. The Hall–Kier alpha value is -1.58. The Kier molecular flexibility index (Phi) is 4.31. The molecule has 4 heteroatoms. The Morgan fingerprint density at radius 1 is 1.45 bits per heavy atom. The van der Waals surface area contributed by atoms with Crippen molar-refractivity contribution in [3.05, 3.63) is 23.0 Å². The van der Waals surface area contributed by atoms with E-state index in [9.17, 15) is 9.90 Å². The van der Waals surface area contributed by atoms with Gasteiger partial charge in [0.15, 0.2) is 0 Å². The van der Waals surface area contributed by atoms with E-state index in [2.05, 4.69) is 23.7 Å². The molecule has 1 fully saturated rings. The predicted molar refractivity (Wildman–Crippen MR) is 80.5 cm³/mol. The summed E-state index contributed by atoms with van der Waals surface area (Å²) in [6, 6.07) is 2.43. The van der Waals surface area contributed by atoms with Crippen LogP contribution in [0.1, 0.15) is 54.9 Å². The van der Waals surface area contributed by atoms with E-state index >= 15 is 0 Å². The minimum Gasteiger partial charge on any atom is -0.478 e. The van der Waals surface area contributed by atoms with Gasteiger partial charge in [0.25, 0.3) is 0 Å². The molecule has 1 heterocycles. The molecule has 110 valence electrons. The first-order valence-corrected chi connectivity index (χ1v) is 7.38. The van der Waals surface area contributed by atoms with Gasteiger partial charge in [-0.1, -0.05) is 13.8 Å². The highest BCUT2D eigenvalue weighted by molar-refractivity contribution is 5.95. The molecular formula is C16H24N2O2. The first kappa shape index (κ1) is 14.8. The summed E-state index contributed by atoms with van der Waals surface area (Å²) in [7, 11) is 0. The number of hydrogen-bond donors (Lipinski definition) is 1. The zero-order chi connectivity index (χ0) is 14.9. The second kappa shape index (κ2) is 5.81. The van der Waals surface area contributed by atoms with Gasteiger partial charge in [0.1, 0.15) is 5.56 Å². The van der Waals surface area contributed by atoms with Crippen molar-refractivity contribution >= 4 is 11.7 Å². The highest BCUT2D eigenvalue weighted by atomic mass is 16.4. The number of pyridine rings is 1. The van der Waals surface area contributed by atoms with Crippen LogP contribution in [0.25, 0.3) is 0 Å². The molecule has 0 radical (unpaired) electrons. The molecule has 0 aliphatic heterocycles. The van der Waals surface area contributed by atoms with E-state index in [1.165, 1.54) is 0 Å². The van der Waals surface area contributed by atoms with Crippen molar-refractivity contribution in [1.82, 2.24) is 4.98 Å². The Bertz CT molecular complexity index is 507. The van der Waals surface area contributed by atoms with Crippen LogP contribution in [0.3, 0.4) is 0 Å². The van der Waals surface area contributed by atoms with Gasteiger partial charge in [-0.25, -0.2) is 4.79 Å². The third kappa shape index (κ3) is 3.30. The highest BCUT2D eigenvalue weighted by Crippen LogP contribution is 2.35. The van der Waals surface area contributed by atoms with E-state index in [1.807, 2.05) is 13.0 Å². The second-order valence-electron chi connectivity index (χ2n) is 6.16. The van der Waals surface area contributed by atoms with Gasteiger partial charge in [0.05, 0.1) is 11.4 Å². The number of anilines is 1. The fourth-order valence-corrected chi connectivity index (χ4v) is 2.58. The molecule has 1 aromatic rings. The quantitative estimate of drug-likeness (QED) is 0.865. The number of aryl methyl sites for hydroxylation is 2. The molecule has 1 aromatic heterocycles. The van der Waals surface area contributed by atoms with E-state index in [4.69, 9.17) is 0 Å². The summed E-state index contributed by atoms with van der Waals surface area (Å²) in [4.78, 5) is 18.2. The van der Waals surface area contributed by atoms with Gasteiger partial charge in [0, 0.05) is 18.3 Å². The van der Waals surface area contributed by atoms with E-state index in [0.29, 0.717) is 23.2 Å². The lowest BCUT2D eigenvalue weighted by atomic mass is 10.1. The summed E-state index contributed by atoms with van der Waals surface area (Å²) < 4.78 is 0. The molecule has 1 N–H and O–H groups in total. The van der Waals surface area contributed by atoms with Crippen LogP contribution in [0.15, 0.2) is 6.07 Å². The van der Waals surface area contributed by atoms with Crippen molar-refractivity contribution in [3.63, 3.8) is 0 Å². The molecule has 1 aliphatic carbocycles. The van der Waals surface area contributed by atoms with Crippen LogP contribution in [-0.2, 0) is 0 Å². The van der Waals surface area contributed by atoms with Gasteiger partial charge in [-0.2, -0.15) is 0 Å². The molecule has 0 atom stereocenters. The van der Waals surface area contributed by atoms with Crippen molar-refractivity contribution in [2.24, 2.45) is 5.92 Å². The zero-order valence-electron chi connectivity index (χ0n) is 12.8. The van der Waals surface area contributed by atoms with Crippen molar-refractivity contribution in [3.8, 4) is 0 Å². The standard InChI is InChI=1S/C16H24N2O2/c1-10(2)7-8-18(13-5-6-13)14-9-11(3)17-12(4)15(14)16(19)20/h9-10,13H,5-8H2,1-4H3,(H,19,20). The lowest BCUT2D eigenvalue weighted by molar-refractivity contribution is 0.0696. The normalized spacial score (nSPS) is 14.7. The molecular weight excluding hydrogens is 252 g/mol. The summed E-state index contributed by atoms with van der Waals surface area (Å²) in [5.41, 5.74) is 2.72. The topological polar surface area (TPSA) is 53.4 Å². The lowest BCUT2D eigenvalue weighted by Gasteiger charge is -2.28. The smallest absolute Gasteiger partial charge is 0.339 e. The molecule has 1 aliphatic rings. The van der Waals surface area contributed by atoms with Gasteiger partial charge in [-0.3, -0.25) is 4.98 Å². The molecule has 0 spiro atoms. The second-order valence-corrected chi connectivity index (χ2v) is 6.16. The van der Waals surface area contributed by atoms with Crippen LogP contribution in [0.4, 0.5) is 5.69 Å².